The molecular weight excluding hydrogens is 242 g/mol. The summed E-state index contributed by atoms with van der Waals surface area (Å²) < 4.78 is 0. The summed E-state index contributed by atoms with van der Waals surface area (Å²) in [6.45, 7) is 3.94. The number of hydrogen-bond acceptors (Lipinski definition) is 1. The van der Waals surface area contributed by atoms with Crippen LogP contribution in [0.5, 0.6) is 0 Å². The van der Waals surface area contributed by atoms with Gasteiger partial charge in [-0.3, -0.25) is 0 Å². The summed E-state index contributed by atoms with van der Waals surface area (Å²) in [5.74, 6) is 6.48. The molecule has 114 valence electrons. The molecule has 0 spiro atoms. The van der Waals surface area contributed by atoms with Crippen molar-refractivity contribution >= 4 is 0 Å². The SMILES string of the molecule is CNCC(C)(C1CCCC1)C1C2CC3CC(C2)CC1C3. The van der Waals surface area contributed by atoms with Gasteiger partial charge in [-0.2, -0.15) is 0 Å². The van der Waals surface area contributed by atoms with Gasteiger partial charge in [-0.05, 0) is 92.9 Å². The van der Waals surface area contributed by atoms with E-state index in [1.54, 1.807) is 32.1 Å². The molecule has 5 aliphatic rings. The van der Waals surface area contributed by atoms with E-state index in [-0.39, 0.29) is 0 Å². The van der Waals surface area contributed by atoms with Gasteiger partial charge in [0.2, 0.25) is 0 Å². The molecule has 20 heavy (non-hydrogen) atoms. The van der Waals surface area contributed by atoms with Gasteiger partial charge in [0, 0.05) is 6.54 Å². The monoisotopic (exact) mass is 275 g/mol. The molecule has 1 N–H and O–H groups in total. The van der Waals surface area contributed by atoms with Crippen molar-refractivity contribution < 1.29 is 0 Å². The van der Waals surface area contributed by atoms with E-state index in [2.05, 4.69) is 19.3 Å². The fourth-order valence-electron chi connectivity index (χ4n) is 7.50. The van der Waals surface area contributed by atoms with Crippen LogP contribution in [0.3, 0.4) is 0 Å². The Kier molecular flexibility index (Phi) is 3.41. The van der Waals surface area contributed by atoms with Crippen molar-refractivity contribution in [3.63, 3.8) is 0 Å². The third kappa shape index (κ3) is 1.99. The Bertz CT molecular complexity index is 329. The average Bonchev–Trinajstić information content (AvgIpc) is 2.91. The summed E-state index contributed by atoms with van der Waals surface area (Å²) in [7, 11) is 2.18. The number of rotatable bonds is 4. The third-order valence-corrected chi connectivity index (χ3v) is 7.83. The molecule has 5 saturated carbocycles. The summed E-state index contributed by atoms with van der Waals surface area (Å²) >= 11 is 0. The summed E-state index contributed by atoms with van der Waals surface area (Å²) in [4.78, 5) is 0. The van der Waals surface area contributed by atoms with Crippen molar-refractivity contribution in [2.45, 2.75) is 64.7 Å². The largest absolute Gasteiger partial charge is 0.319 e. The van der Waals surface area contributed by atoms with Crippen LogP contribution in [-0.2, 0) is 0 Å². The van der Waals surface area contributed by atoms with Gasteiger partial charge >= 0.3 is 0 Å². The summed E-state index contributed by atoms with van der Waals surface area (Å²) in [5.41, 5.74) is 0.591. The van der Waals surface area contributed by atoms with E-state index in [1.165, 1.54) is 32.2 Å². The van der Waals surface area contributed by atoms with Gasteiger partial charge in [-0.25, -0.2) is 0 Å². The first-order chi connectivity index (χ1) is 9.70. The standard InChI is InChI=1S/C19H33N/c1-19(12-20-2,17-5-3-4-6-17)18-15-8-13-7-14(10-15)11-16(18)9-13/h13-18,20H,3-12H2,1-2H3. The van der Waals surface area contributed by atoms with Gasteiger partial charge in [0.1, 0.15) is 0 Å². The van der Waals surface area contributed by atoms with Crippen LogP contribution >= 0.6 is 0 Å². The molecule has 0 aromatic rings. The predicted octanol–water partition coefficient (Wildman–Crippen LogP) is 4.47. The zero-order chi connectivity index (χ0) is 13.7. The summed E-state index contributed by atoms with van der Waals surface area (Å²) in [6, 6.07) is 0. The highest BCUT2D eigenvalue weighted by molar-refractivity contribution is 5.05. The maximum Gasteiger partial charge on any atom is 0.000767 e. The average molecular weight is 275 g/mol. The highest BCUT2D eigenvalue weighted by Crippen LogP contribution is 2.63. The van der Waals surface area contributed by atoms with Crippen molar-refractivity contribution in [2.24, 2.45) is 40.9 Å². The Labute approximate surface area is 125 Å². The minimum Gasteiger partial charge on any atom is -0.319 e. The van der Waals surface area contributed by atoms with Crippen LogP contribution in [0, 0.1) is 40.9 Å². The quantitative estimate of drug-likeness (QED) is 0.798. The Morgan fingerprint density at radius 3 is 1.95 bits per heavy atom. The molecule has 0 aromatic heterocycles. The molecule has 1 unspecified atom stereocenters. The van der Waals surface area contributed by atoms with E-state index in [4.69, 9.17) is 0 Å². The second kappa shape index (κ2) is 5.00. The molecule has 5 rings (SSSR count). The Hall–Kier alpha value is -0.0400. The molecule has 0 amide bonds. The molecule has 0 saturated heterocycles. The Balaban J connectivity index is 1.62. The highest BCUT2D eigenvalue weighted by atomic mass is 14.8. The van der Waals surface area contributed by atoms with Crippen molar-refractivity contribution in [3.8, 4) is 0 Å². The minimum atomic E-state index is 0.591. The molecule has 5 fully saturated rings. The lowest BCUT2D eigenvalue weighted by Crippen LogP contribution is -2.55. The molecule has 4 bridgehead atoms. The van der Waals surface area contributed by atoms with Crippen molar-refractivity contribution in [3.05, 3.63) is 0 Å². The van der Waals surface area contributed by atoms with Gasteiger partial charge < -0.3 is 5.32 Å². The molecule has 1 heteroatoms. The van der Waals surface area contributed by atoms with Crippen LogP contribution in [0.15, 0.2) is 0 Å². The smallest absolute Gasteiger partial charge is 0.000767 e. The topological polar surface area (TPSA) is 12.0 Å². The van der Waals surface area contributed by atoms with Gasteiger partial charge in [0.05, 0.1) is 0 Å². The lowest BCUT2D eigenvalue weighted by Gasteiger charge is -2.61. The first kappa shape index (κ1) is 13.6. The molecular formula is C19H33N. The van der Waals surface area contributed by atoms with Gasteiger partial charge in [0.25, 0.3) is 0 Å². The second-order valence-corrected chi connectivity index (χ2v) is 8.97. The molecule has 0 aromatic carbocycles. The van der Waals surface area contributed by atoms with Gasteiger partial charge in [-0.1, -0.05) is 19.8 Å². The van der Waals surface area contributed by atoms with Gasteiger partial charge in [-0.15, -0.1) is 0 Å². The molecule has 0 radical (unpaired) electrons. The van der Waals surface area contributed by atoms with Crippen LogP contribution in [0.25, 0.3) is 0 Å². The Morgan fingerprint density at radius 1 is 0.900 bits per heavy atom. The van der Waals surface area contributed by atoms with E-state index in [9.17, 15) is 0 Å². The van der Waals surface area contributed by atoms with Crippen LogP contribution < -0.4 is 5.32 Å². The lowest BCUT2D eigenvalue weighted by molar-refractivity contribution is -0.109. The molecule has 1 atom stereocenters. The van der Waals surface area contributed by atoms with Crippen LogP contribution in [-0.4, -0.2) is 13.6 Å². The maximum absolute atomic E-state index is 3.59. The van der Waals surface area contributed by atoms with Crippen molar-refractivity contribution in [2.75, 3.05) is 13.6 Å². The second-order valence-electron chi connectivity index (χ2n) is 8.97. The molecule has 0 aliphatic heterocycles. The summed E-state index contributed by atoms with van der Waals surface area (Å²) in [5, 5.41) is 3.59. The van der Waals surface area contributed by atoms with E-state index < -0.39 is 0 Å². The fraction of sp³-hybridized carbons (Fsp3) is 1.00. The molecule has 5 aliphatic carbocycles. The predicted molar refractivity (Wildman–Crippen MR) is 84.5 cm³/mol. The minimum absolute atomic E-state index is 0.591. The zero-order valence-corrected chi connectivity index (χ0v) is 13.5. The van der Waals surface area contributed by atoms with Crippen LogP contribution in [0.1, 0.15) is 64.7 Å². The van der Waals surface area contributed by atoms with E-state index >= 15 is 0 Å². The first-order valence-electron chi connectivity index (χ1n) is 9.35. The first-order valence-corrected chi connectivity index (χ1v) is 9.35. The lowest BCUT2D eigenvalue weighted by atomic mass is 9.45. The zero-order valence-electron chi connectivity index (χ0n) is 13.5. The van der Waals surface area contributed by atoms with Crippen molar-refractivity contribution in [1.82, 2.24) is 5.32 Å². The van der Waals surface area contributed by atoms with E-state index in [0.29, 0.717) is 5.41 Å². The van der Waals surface area contributed by atoms with Crippen LogP contribution in [0.2, 0.25) is 0 Å². The van der Waals surface area contributed by atoms with Crippen LogP contribution in [0.4, 0.5) is 0 Å². The van der Waals surface area contributed by atoms with Crippen molar-refractivity contribution in [1.29, 1.82) is 0 Å². The molecule has 0 heterocycles. The normalized spacial score (nSPS) is 46.8. The number of nitrogens with one attached hydrogen (secondary N) is 1. The molecule has 1 nitrogen and oxygen atoms in total. The summed E-state index contributed by atoms with van der Waals surface area (Å²) in [6.07, 6.45) is 14.0. The Morgan fingerprint density at radius 2 is 1.45 bits per heavy atom. The number of hydrogen-bond donors (Lipinski definition) is 1. The maximum atomic E-state index is 3.59. The van der Waals surface area contributed by atoms with E-state index in [1.807, 2.05) is 0 Å². The third-order valence-electron chi connectivity index (χ3n) is 7.83. The van der Waals surface area contributed by atoms with Gasteiger partial charge in [0.15, 0.2) is 0 Å². The highest BCUT2D eigenvalue weighted by Gasteiger charge is 2.55. The fourth-order valence-corrected chi connectivity index (χ4v) is 7.50. The van der Waals surface area contributed by atoms with E-state index in [0.717, 1.165) is 35.5 Å².